The molecule has 0 aliphatic carbocycles. The summed E-state index contributed by atoms with van der Waals surface area (Å²) in [6.45, 7) is 8.71. The molecule has 1 unspecified atom stereocenters. The number of aliphatic hydroxyl groups is 1. The monoisotopic (exact) mass is 554 g/mol. The van der Waals surface area contributed by atoms with Gasteiger partial charge in [0.25, 0.3) is 0 Å². The number of aliphatic imine (C=N–C) groups is 1. The zero-order chi connectivity index (χ0) is 22.4. The van der Waals surface area contributed by atoms with Crippen LogP contribution >= 0.6 is 24.0 Å². The van der Waals surface area contributed by atoms with Crippen LogP contribution in [0, 0.1) is 13.8 Å². The Morgan fingerprint density at radius 3 is 2.56 bits per heavy atom. The maximum Gasteiger partial charge on any atom is 0.191 e. The fraction of sp³-hybridized carbons (Fsp3) is 0.409. The Labute approximate surface area is 205 Å². The second kappa shape index (κ2) is 11.3. The van der Waals surface area contributed by atoms with E-state index >= 15 is 0 Å². The molecule has 1 aromatic carbocycles. The SMILES string of the molecule is CCNC(=NCc1nc(-c2ccc(OC)cc2)n[nH]1)NCC(C)(O)c1cc(C)oc1C.I. The molecule has 2 aromatic heterocycles. The summed E-state index contributed by atoms with van der Waals surface area (Å²) in [5.41, 5.74) is 0.540. The van der Waals surface area contributed by atoms with Gasteiger partial charge in [-0.3, -0.25) is 5.10 Å². The summed E-state index contributed by atoms with van der Waals surface area (Å²) in [4.78, 5) is 9.06. The average Bonchev–Trinajstić information content (AvgIpc) is 3.36. The Bertz CT molecular complexity index is 1030. The maximum absolute atomic E-state index is 10.9. The van der Waals surface area contributed by atoms with Crippen molar-refractivity contribution >= 4 is 29.9 Å². The van der Waals surface area contributed by atoms with Gasteiger partial charge in [-0.1, -0.05) is 0 Å². The van der Waals surface area contributed by atoms with Gasteiger partial charge in [-0.15, -0.1) is 24.0 Å². The Morgan fingerprint density at radius 2 is 1.97 bits per heavy atom. The van der Waals surface area contributed by atoms with E-state index in [1.165, 1.54) is 0 Å². The van der Waals surface area contributed by atoms with Crippen molar-refractivity contribution in [1.29, 1.82) is 0 Å². The molecule has 0 saturated carbocycles. The summed E-state index contributed by atoms with van der Waals surface area (Å²) >= 11 is 0. The number of H-pyrrole nitrogens is 1. The number of guanidine groups is 1. The maximum atomic E-state index is 10.9. The van der Waals surface area contributed by atoms with Crippen LogP contribution in [0.5, 0.6) is 5.75 Å². The molecule has 0 fully saturated rings. The molecule has 32 heavy (non-hydrogen) atoms. The number of ether oxygens (including phenoxy) is 1. The van der Waals surface area contributed by atoms with Crippen molar-refractivity contribution in [1.82, 2.24) is 25.8 Å². The lowest BCUT2D eigenvalue weighted by atomic mass is 9.96. The second-order valence-corrected chi connectivity index (χ2v) is 7.48. The van der Waals surface area contributed by atoms with E-state index in [9.17, 15) is 5.11 Å². The zero-order valence-electron chi connectivity index (χ0n) is 19.0. The summed E-state index contributed by atoms with van der Waals surface area (Å²) in [5, 5.41) is 24.5. The predicted octanol–water partition coefficient (Wildman–Crippen LogP) is 3.27. The second-order valence-electron chi connectivity index (χ2n) is 7.48. The smallest absolute Gasteiger partial charge is 0.191 e. The van der Waals surface area contributed by atoms with Gasteiger partial charge in [0.05, 0.1) is 13.7 Å². The highest BCUT2D eigenvalue weighted by Crippen LogP contribution is 2.26. The first-order valence-corrected chi connectivity index (χ1v) is 10.2. The van der Waals surface area contributed by atoms with Gasteiger partial charge < -0.3 is 24.9 Å². The Kier molecular flexibility index (Phi) is 9.08. The van der Waals surface area contributed by atoms with Crippen LogP contribution in [-0.4, -0.2) is 46.4 Å². The van der Waals surface area contributed by atoms with Crippen LogP contribution in [-0.2, 0) is 12.1 Å². The van der Waals surface area contributed by atoms with E-state index in [0.717, 1.165) is 22.6 Å². The Hall–Kier alpha value is -2.60. The van der Waals surface area contributed by atoms with Crippen LogP contribution in [0.2, 0.25) is 0 Å². The van der Waals surface area contributed by atoms with Gasteiger partial charge >= 0.3 is 0 Å². The van der Waals surface area contributed by atoms with E-state index < -0.39 is 5.60 Å². The van der Waals surface area contributed by atoms with E-state index in [1.54, 1.807) is 14.0 Å². The predicted molar refractivity (Wildman–Crippen MR) is 134 cm³/mol. The van der Waals surface area contributed by atoms with Crippen LogP contribution in [0.3, 0.4) is 0 Å². The van der Waals surface area contributed by atoms with Crippen LogP contribution < -0.4 is 15.4 Å². The van der Waals surface area contributed by atoms with E-state index in [1.807, 2.05) is 51.1 Å². The minimum atomic E-state index is -1.11. The molecule has 0 amide bonds. The van der Waals surface area contributed by atoms with Gasteiger partial charge in [0, 0.05) is 17.7 Å². The highest BCUT2D eigenvalue weighted by Gasteiger charge is 2.27. The van der Waals surface area contributed by atoms with Crippen molar-refractivity contribution in [2.24, 2.45) is 4.99 Å². The molecule has 0 radical (unpaired) electrons. The number of aromatic amines is 1. The van der Waals surface area contributed by atoms with E-state index in [2.05, 4.69) is 30.8 Å². The van der Waals surface area contributed by atoms with Crippen LogP contribution in [0.4, 0.5) is 0 Å². The van der Waals surface area contributed by atoms with Crippen molar-refractivity contribution in [2.75, 3.05) is 20.2 Å². The van der Waals surface area contributed by atoms with Crippen LogP contribution in [0.1, 0.15) is 36.8 Å². The molecule has 10 heteroatoms. The number of rotatable bonds is 8. The van der Waals surface area contributed by atoms with Gasteiger partial charge in [0.15, 0.2) is 11.8 Å². The largest absolute Gasteiger partial charge is 0.497 e. The minimum absolute atomic E-state index is 0. The molecule has 0 saturated heterocycles. The Balaban J connectivity index is 0.00000363. The molecule has 0 bridgehead atoms. The highest BCUT2D eigenvalue weighted by molar-refractivity contribution is 14.0. The number of aryl methyl sites for hydroxylation is 2. The number of benzene rings is 1. The number of furan rings is 1. The number of halogens is 1. The van der Waals surface area contributed by atoms with Crippen molar-refractivity contribution in [2.45, 2.75) is 39.8 Å². The minimum Gasteiger partial charge on any atom is -0.497 e. The molecule has 2 heterocycles. The quantitative estimate of drug-likeness (QED) is 0.192. The molecule has 0 aliphatic rings. The fourth-order valence-corrected chi connectivity index (χ4v) is 3.25. The molecule has 9 nitrogen and oxygen atoms in total. The molecule has 0 spiro atoms. The summed E-state index contributed by atoms with van der Waals surface area (Å²) in [6, 6.07) is 9.40. The normalized spacial score (nSPS) is 13.2. The lowest BCUT2D eigenvalue weighted by molar-refractivity contribution is 0.0601. The molecular formula is C22H31IN6O3. The first-order valence-electron chi connectivity index (χ1n) is 10.2. The lowest BCUT2D eigenvalue weighted by Crippen LogP contribution is -2.44. The summed E-state index contributed by atoms with van der Waals surface area (Å²) in [5.74, 6) is 4.06. The van der Waals surface area contributed by atoms with Gasteiger partial charge in [-0.05, 0) is 58.0 Å². The third kappa shape index (κ3) is 6.45. The number of hydrogen-bond donors (Lipinski definition) is 4. The van der Waals surface area contributed by atoms with Crippen molar-refractivity contribution in [3.63, 3.8) is 0 Å². The average molecular weight is 554 g/mol. The Morgan fingerprint density at radius 1 is 1.25 bits per heavy atom. The molecule has 1 atom stereocenters. The van der Waals surface area contributed by atoms with Gasteiger partial charge in [0.2, 0.25) is 0 Å². The molecule has 3 aromatic rings. The van der Waals surface area contributed by atoms with Crippen LogP contribution in [0.15, 0.2) is 39.7 Å². The highest BCUT2D eigenvalue weighted by atomic mass is 127. The topological polar surface area (TPSA) is 121 Å². The zero-order valence-corrected chi connectivity index (χ0v) is 21.4. The van der Waals surface area contributed by atoms with E-state index in [-0.39, 0.29) is 30.5 Å². The molecule has 4 N–H and O–H groups in total. The summed E-state index contributed by atoms with van der Waals surface area (Å²) in [7, 11) is 1.63. The third-order valence-corrected chi connectivity index (χ3v) is 4.83. The fourth-order valence-electron chi connectivity index (χ4n) is 3.25. The number of nitrogens with one attached hydrogen (secondary N) is 3. The van der Waals surface area contributed by atoms with E-state index in [4.69, 9.17) is 9.15 Å². The molecule has 174 valence electrons. The molecule has 3 rings (SSSR count). The number of methoxy groups -OCH3 is 1. The number of hydrogen-bond acceptors (Lipinski definition) is 6. The van der Waals surface area contributed by atoms with Gasteiger partial charge in [-0.2, -0.15) is 5.10 Å². The molecule has 0 aliphatic heterocycles. The number of nitrogens with zero attached hydrogens (tertiary/aromatic N) is 3. The van der Waals surface area contributed by atoms with Gasteiger partial charge in [0.1, 0.15) is 35.2 Å². The summed E-state index contributed by atoms with van der Waals surface area (Å²) < 4.78 is 10.7. The third-order valence-electron chi connectivity index (χ3n) is 4.83. The van der Waals surface area contributed by atoms with Crippen molar-refractivity contribution in [3.05, 3.63) is 53.2 Å². The number of aromatic nitrogens is 3. The van der Waals surface area contributed by atoms with Crippen molar-refractivity contribution in [3.8, 4) is 17.1 Å². The first-order chi connectivity index (χ1) is 14.8. The first kappa shape index (κ1) is 25.7. The van der Waals surface area contributed by atoms with Gasteiger partial charge in [-0.25, -0.2) is 9.98 Å². The lowest BCUT2D eigenvalue weighted by Gasteiger charge is -2.24. The van der Waals surface area contributed by atoms with Crippen molar-refractivity contribution < 1.29 is 14.3 Å². The summed E-state index contributed by atoms with van der Waals surface area (Å²) in [6.07, 6.45) is 0. The standard InChI is InChI=1S/C22H30N6O3.HI/c1-6-23-21(25-13-22(4,29)18-11-14(2)31-15(18)3)24-12-19-26-20(28-27-19)16-7-9-17(30-5)10-8-16;/h7-11,29H,6,12-13H2,1-5H3,(H2,23,24,25)(H,26,27,28);1H. The van der Waals surface area contributed by atoms with Crippen LogP contribution in [0.25, 0.3) is 11.4 Å². The molecular weight excluding hydrogens is 523 g/mol. The van der Waals surface area contributed by atoms with E-state index in [0.29, 0.717) is 36.5 Å².